The SMILES string of the molecule is CC1=C(C(=O)Nc2ccccc2)C(c2ccccc2F)NC(=S)N1C. The normalized spacial score (nSPS) is 17.3. The van der Waals surface area contributed by atoms with Gasteiger partial charge in [0.25, 0.3) is 5.91 Å². The molecule has 2 N–H and O–H groups in total. The van der Waals surface area contributed by atoms with Crippen LogP contribution in [0.3, 0.4) is 0 Å². The summed E-state index contributed by atoms with van der Waals surface area (Å²) in [7, 11) is 1.78. The van der Waals surface area contributed by atoms with Crippen LogP contribution >= 0.6 is 12.2 Å². The standard InChI is InChI=1S/C19H18FN3OS/c1-12-16(18(24)21-13-8-4-3-5-9-13)17(22-19(25)23(12)2)14-10-6-7-11-15(14)20/h3-11,17H,1-2H3,(H,21,24)(H,22,25). The quantitative estimate of drug-likeness (QED) is 0.826. The van der Waals surface area contributed by atoms with Gasteiger partial charge in [-0.2, -0.15) is 0 Å². The van der Waals surface area contributed by atoms with E-state index >= 15 is 0 Å². The molecule has 0 fully saturated rings. The number of carbonyl (C=O) groups is 1. The molecule has 0 spiro atoms. The second-order valence-corrected chi connectivity index (χ2v) is 6.17. The van der Waals surface area contributed by atoms with Crippen LogP contribution in [0.4, 0.5) is 10.1 Å². The van der Waals surface area contributed by atoms with E-state index in [0.29, 0.717) is 27.6 Å². The van der Waals surface area contributed by atoms with Gasteiger partial charge in [-0.25, -0.2) is 4.39 Å². The number of halogens is 1. The molecule has 0 saturated carbocycles. The Balaban J connectivity index is 2.03. The molecule has 1 aliphatic heterocycles. The van der Waals surface area contributed by atoms with E-state index < -0.39 is 6.04 Å². The highest BCUT2D eigenvalue weighted by molar-refractivity contribution is 7.80. The van der Waals surface area contributed by atoms with Crippen molar-refractivity contribution in [2.75, 3.05) is 12.4 Å². The predicted molar refractivity (Wildman–Crippen MR) is 100 cm³/mol. The average Bonchev–Trinajstić information content (AvgIpc) is 2.60. The number of allylic oxidation sites excluding steroid dienone is 1. The fourth-order valence-electron chi connectivity index (χ4n) is 2.79. The Hall–Kier alpha value is -2.73. The van der Waals surface area contributed by atoms with Crippen molar-refractivity contribution in [2.24, 2.45) is 0 Å². The first-order valence-corrected chi connectivity index (χ1v) is 8.25. The lowest BCUT2D eigenvalue weighted by Gasteiger charge is -2.35. The summed E-state index contributed by atoms with van der Waals surface area (Å²) in [4.78, 5) is 14.6. The van der Waals surface area contributed by atoms with Crippen LogP contribution in [0.15, 0.2) is 65.9 Å². The zero-order valence-electron chi connectivity index (χ0n) is 13.9. The van der Waals surface area contributed by atoms with E-state index in [1.54, 1.807) is 49.2 Å². The number of amides is 1. The molecule has 4 nitrogen and oxygen atoms in total. The van der Waals surface area contributed by atoms with Crippen molar-refractivity contribution in [1.29, 1.82) is 0 Å². The summed E-state index contributed by atoms with van der Waals surface area (Å²) >= 11 is 5.32. The molecule has 0 radical (unpaired) electrons. The smallest absolute Gasteiger partial charge is 0.255 e. The summed E-state index contributed by atoms with van der Waals surface area (Å²) in [5, 5.41) is 6.38. The third-order valence-corrected chi connectivity index (χ3v) is 4.64. The number of thiocarbonyl (C=S) groups is 1. The van der Waals surface area contributed by atoms with Crippen molar-refractivity contribution >= 4 is 28.9 Å². The maximum Gasteiger partial charge on any atom is 0.255 e. The number of para-hydroxylation sites is 1. The Morgan fingerprint density at radius 3 is 2.48 bits per heavy atom. The Labute approximate surface area is 151 Å². The highest BCUT2D eigenvalue weighted by atomic mass is 32.1. The van der Waals surface area contributed by atoms with E-state index in [0.717, 1.165) is 0 Å². The third kappa shape index (κ3) is 3.39. The average molecular weight is 355 g/mol. The minimum Gasteiger partial charge on any atom is -0.351 e. The second kappa shape index (κ2) is 7.03. The molecule has 6 heteroatoms. The molecule has 0 saturated heterocycles. The van der Waals surface area contributed by atoms with Crippen LogP contribution in [0.5, 0.6) is 0 Å². The molecule has 1 unspecified atom stereocenters. The maximum atomic E-state index is 14.3. The monoisotopic (exact) mass is 355 g/mol. The van der Waals surface area contributed by atoms with Crippen molar-refractivity contribution in [1.82, 2.24) is 10.2 Å². The number of nitrogens with zero attached hydrogens (tertiary/aromatic N) is 1. The second-order valence-electron chi connectivity index (χ2n) is 5.78. The van der Waals surface area contributed by atoms with Gasteiger partial charge in [-0.3, -0.25) is 4.79 Å². The van der Waals surface area contributed by atoms with Gasteiger partial charge in [0.15, 0.2) is 5.11 Å². The molecule has 2 aromatic carbocycles. The summed E-state index contributed by atoms with van der Waals surface area (Å²) in [6.45, 7) is 1.81. The number of benzene rings is 2. The zero-order chi connectivity index (χ0) is 18.0. The molecular weight excluding hydrogens is 337 g/mol. The van der Waals surface area contributed by atoms with E-state index in [2.05, 4.69) is 10.6 Å². The molecule has 1 heterocycles. The Morgan fingerprint density at radius 2 is 1.80 bits per heavy atom. The molecular formula is C19H18FN3OS. The van der Waals surface area contributed by atoms with Crippen LogP contribution in [-0.2, 0) is 4.79 Å². The first-order valence-electron chi connectivity index (χ1n) is 7.85. The van der Waals surface area contributed by atoms with Gasteiger partial charge in [0.2, 0.25) is 0 Å². The Kier molecular flexibility index (Phi) is 4.81. The highest BCUT2D eigenvalue weighted by Crippen LogP contribution is 2.32. The molecule has 1 amide bonds. The van der Waals surface area contributed by atoms with Gasteiger partial charge in [-0.1, -0.05) is 36.4 Å². The molecule has 0 aliphatic carbocycles. The first-order chi connectivity index (χ1) is 12.0. The summed E-state index contributed by atoms with van der Waals surface area (Å²) in [6, 6.07) is 14.9. The lowest BCUT2D eigenvalue weighted by molar-refractivity contribution is -0.113. The van der Waals surface area contributed by atoms with E-state index in [1.165, 1.54) is 6.07 Å². The van der Waals surface area contributed by atoms with Crippen LogP contribution in [-0.4, -0.2) is 23.0 Å². The van der Waals surface area contributed by atoms with Crippen LogP contribution < -0.4 is 10.6 Å². The molecule has 128 valence electrons. The number of rotatable bonds is 3. The number of carbonyl (C=O) groups excluding carboxylic acids is 1. The molecule has 1 atom stereocenters. The van der Waals surface area contributed by atoms with Crippen molar-refractivity contribution in [3.8, 4) is 0 Å². The number of hydrogen-bond donors (Lipinski definition) is 2. The third-order valence-electron chi connectivity index (χ3n) is 4.25. The van der Waals surface area contributed by atoms with Crippen molar-refractivity contribution < 1.29 is 9.18 Å². The summed E-state index contributed by atoms with van der Waals surface area (Å²) in [5.41, 5.74) is 2.18. The minimum atomic E-state index is -0.645. The van der Waals surface area contributed by atoms with E-state index in [4.69, 9.17) is 12.2 Å². The van der Waals surface area contributed by atoms with Crippen molar-refractivity contribution in [2.45, 2.75) is 13.0 Å². The van der Waals surface area contributed by atoms with Crippen molar-refractivity contribution in [3.05, 3.63) is 77.2 Å². The number of hydrogen-bond acceptors (Lipinski definition) is 2. The molecule has 0 bridgehead atoms. The van der Waals surface area contributed by atoms with E-state index in [1.807, 2.05) is 18.2 Å². The van der Waals surface area contributed by atoms with Gasteiger partial charge in [-0.15, -0.1) is 0 Å². The number of nitrogens with one attached hydrogen (secondary N) is 2. The van der Waals surface area contributed by atoms with E-state index in [-0.39, 0.29) is 11.7 Å². The topological polar surface area (TPSA) is 44.4 Å². The van der Waals surface area contributed by atoms with Crippen molar-refractivity contribution in [3.63, 3.8) is 0 Å². The fourth-order valence-corrected chi connectivity index (χ4v) is 3.05. The van der Waals surface area contributed by atoms with Gasteiger partial charge in [-0.05, 0) is 37.3 Å². The van der Waals surface area contributed by atoms with Crippen LogP contribution in [0.2, 0.25) is 0 Å². The van der Waals surface area contributed by atoms with Gasteiger partial charge < -0.3 is 15.5 Å². The maximum absolute atomic E-state index is 14.3. The summed E-state index contributed by atoms with van der Waals surface area (Å²) < 4.78 is 14.3. The molecule has 2 aromatic rings. The Bertz CT molecular complexity index is 851. The largest absolute Gasteiger partial charge is 0.351 e. The summed E-state index contributed by atoms with van der Waals surface area (Å²) in [5.74, 6) is -0.677. The van der Waals surface area contributed by atoms with Gasteiger partial charge in [0.05, 0.1) is 11.6 Å². The molecule has 0 aromatic heterocycles. The molecule has 3 rings (SSSR count). The Morgan fingerprint density at radius 1 is 1.16 bits per heavy atom. The van der Waals surface area contributed by atoms with Gasteiger partial charge >= 0.3 is 0 Å². The number of anilines is 1. The van der Waals surface area contributed by atoms with Crippen LogP contribution in [0.1, 0.15) is 18.5 Å². The molecule has 1 aliphatic rings. The van der Waals surface area contributed by atoms with Gasteiger partial charge in [0.1, 0.15) is 5.82 Å². The lowest BCUT2D eigenvalue weighted by Crippen LogP contribution is -2.46. The minimum absolute atomic E-state index is 0.293. The van der Waals surface area contributed by atoms with Crippen LogP contribution in [0, 0.1) is 5.82 Å². The van der Waals surface area contributed by atoms with Gasteiger partial charge in [0, 0.05) is 24.0 Å². The zero-order valence-corrected chi connectivity index (χ0v) is 14.7. The first kappa shape index (κ1) is 17.1. The fraction of sp³-hybridized carbons (Fsp3) is 0.158. The predicted octanol–water partition coefficient (Wildman–Crippen LogP) is 3.60. The van der Waals surface area contributed by atoms with E-state index in [9.17, 15) is 9.18 Å². The lowest BCUT2D eigenvalue weighted by atomic mass is 9.94. The summed E-state index contributed by atoms with van der Waals surface area (Å²) in [6.07, 6.45) is 0. The van der Waals surface area contributed by atoms with Crippen LogP contribution in [0.25, 0.3) is 0 Å². The highest BCUT2D eigenvalue weighted by Gasteiger charge is 2.33. The molecule has 25 heavy (non-hydrogen) atoms.